The summed E-state index contributed by atoms with van der Waals surface area (Å²) in [5.41, 5.74) is 1.68. The molecule has 0 bridgehead atoms. The van der Waals surface area contributed by atoms with Gasteiger partial charge in [-0.05, 0) is 36.2 Å². The molecule has 0 fully saturated rings. The Morgan fingerprint density at radius 2 is 1.97 bits per heavy atom. The number of hydrogen-bond donors (Lipinski definition) is 1. The van der Waals surface area contributed by atoms with Crippen LogP contribution in [0.25, 0.3) is 10.2 Å². The van der Waals surface area contributed by atoms with Crippen molar-refractivity contribution in [2.24, 2.45) is 0 Å². The molecule has 4 aromatic rings. The van der Waals surface area contributed by atoms with Gasteiger partial charge in [-0.3, -0.25) is 14.2 Å². The van der Waals surface area contributed by atoms with E-state index in [4.69, 9.17) is 21.1 Å². The number of carbonyl (C=O) groups excluding carboxylic acids is 1. The zero-order chi connectivity index (χ0) is 22.8. The summed E-state index contributed by atoms with van der Waals surface area (Å²) in [4.78, 5) is 31.5. The third kappa shape index (κ3) is 4.06. The average Bonchev–Trinajstić information content (AvgIpc) is 3.14. The van der Waals surface area contributed by atoms with Crippen molar-refractivity contribution in [1.29, 1.82) is 0 Å². The number of fused-ring (bicyclic) bond motifs is 1. The van der Waals surface area contributed by atoms with E-state index in [1.807, 2.05) is 18.2 Å². The molecule has 4 rings (SSSR count). The number of thiophene rings is 1. The number of hydrogen-bond acceptors (Lipinski definition) is 6. The predicted octanol–water partition coefficient (Wildman–Crippen LogP) is 4.74. The Labute approximate surface area is 193 Å². The Morgan fingerprint density at radius 1 is 1.19 bits per heavy atom. The molecule has 0 saturated carbocycles. The second-order valence-corrected chi connectivity index (χ2v) is 8.43. The number of methoxy groups -OCH3 is 2. The van der Waals surface area contributed by atoms with E-state index in [0.717, 1.165) is 5.56 Å². The molecule has 1 amide bonds. The summed E-state index contributed by atoms with van der Waals surface area (Å²) in [5.74, 6) is 0.740. The lowest BCUT2D eigenvalue weighted by Crippen LogP contribution is -2.21. The fourth-order valence-electron chi connectivity index (χ4n) is 3.38. The predicted molar refractivity (Wildman–Crippen MR) is 127 cm³/mol. The lowest BCUT2D eigenvalue weighted by Gasteiger charge is -2.11. The van der Waals surface area contributed by atoms with Gasteiger partial charge in [-0.15, -0.1) is 11.3 Å². The van der Waals surface area contributed by atoms with E-state index in [1.165, 1.54) is 29.3 Å². The smallest absolute Gasteiger partial charge is 0.266 e. The molecule has 2 heterocycles. The van der Waals surface area contributed by atoms with E-state index in [9.17, 15) is 9.59 Å². The number of halogens is 1. The minimum atomic E-state index is -0.342. The zero-order valence-corrected chi connectivity index (χ0v) is 19.2. The molecule has 2 aromatic carbocycles. The summed E-state index contributed by atoms with van der Waals surface area (Å²) in [5, 5.41) is 3.86. The molecule has 0 saturated heterocycles. The Hall–Kier alpha value is -3.36. The Balaban J connectivity index is 1.68. The number of nitrogens with zero attached hydrogens (tertiary/aromatic N) is 2. The van der Waals surface area contributed by atoms with E-state index in [2.05, 4.69) is 10.3 Å². The number of ether oxygens (including phenoxy) is 2. The van der Waals surface area contributed by atoms with Crippen LogP contribution in [0.5, 0.6) is 11.5 Å². The fraction of sp³-hybridized carbons (Fsp3) is 0.174. The number of aryl methyl sites for hydroxylation is 1. The number of rotatable bonds is 6. The minimum absolute atomic E-state index is 0.218. The van der Waals surface area contributed by atoms with E-state index in [-0.39, 0.29) is 11.5 Å². The van der Waals surface area contributed by atoms with Crippen molar-refractivity contribution in [3.05, 3.63) is 80.2 Å². The minimum Gasteiger partial charge on any atom is -0.497 e. The van der Waals surface area contributed by atoms with Crippen molar-refractivity contribution in [3.63, 3.8) is 0 Å². The van der Waals surface area contributed by atoms with Crippen LogP contribution < -0.4 is 20.3 Å². The number of anilines is 1. The van der Waals surface area contributed by atoms with Gasteiger partial charge in [0.05, 0.1) is 43.0 Å². The van der Waals surface area contributed by atoms with Gasteiger partial charge in [0.15, 0.2) is 0 Å². The van der Waals surface area contributed by atoms with E-state index >= 15 is 0 Å². The summed E-state index contributed by atoms with van der Waals surface area (Å²) in [6.07, 6.45) is 1.48. The second-order valence-electron chi connectivity index (χ2n) is 7.03. The van der Waals surface area contributed by atoms with Crippen molar-refractivity contribution in [3.8, 4) is 11.5 Å². The fourth-order valence-corrected chi connectivity index (χ4v) is 4.61. The van der Waals surface area contributed by atoms with E-state index < -0.39 is 0 Å². The molecule has 164 valence electrons. The van der Waals surface area contributed by atoms with Crippen LogP contribution in [0, 0.1) is 6.92 Å². The van der Waals surface area contributed by atoms with Crippen LogP contribution in [-0.2, 0) is 6.54 Å². The Morgan fingerprint density at radius 3 is 2.69 bits per heavy atom. The Bertz CT molecular complexity index is 1380. The number of aromatic nitrogens is 2. The molecule has 2 aromatic heterocycles. The number of amides is 1. The van der Waals surface area contributed by atoms with Gasteiger partial charge in [0, 0.05) is 11.1 Å². The van der Waals surface area contributed by atoms with E-state index in [1.54, 1.807) is 38.3 Å². The van der Waals surface area contributed by atoms with E-state index in [0.29, 0.717) is 49.4 Å². The van der Waals surface area contributed by atoms with Crippen molar-refractivity contribution in [2.45, 2.75) is 13.5 Å². The molecule has 0 aliphatic rings. The highest BCUT2D eigenvalue weighted by Crippen LogP contribution is 2.32. The second kappa shape index (κ2) is 9.02. The largest absolute Gasteiger partial charge is 0.497 e. The van der Waals surface area contributed by atoms with Gasteiger partial charge < -0.3 is 14.8 Å². The molecule has 1 N–H and O–H groups in total. The molecule has 9 heteroatoms. The summed E-state index contributed by atoms with van der Waals surface area (Å²) >= 11 is 7.41. The summed E-state index contributed by atoms with van der Waals surface area (Å²) in [7, 11) is 3.07. The Kier molecular flexibility index (Phi) is 6.16. The summed E-state index contributed by atoms with van der Waals surface area (Å²) < 4.78 is 12.0. The highest BCUT2D eigenvalue weighted by molar-refractivity contribution is 7.20. The average molecular weight is 470 g/mol. The van der Waals surface area contributed by atoms with Crippen molar-refractivity contribution in [1.82, 2.24) is 9.55 Å². The number of benzene rings is 2. The summed E-state index contributed by atoms with van der Waals surface area (Å²) in [6, 6.07) is 12.5. The molecule has 0 unspecified atom stereocenters. The molecule has 0 aliphatic carbocycles. The molecule has 0 radical (unpaired) electrons. The first-order valence-corrected chi connectivity index (χ1v) is 10.9. The third-order valence-electron chi connectivity index (χ3n) is 5.08. The standard InChI is InChI=1S/C23H20ClN3O4S/c1-13-19-22(25-12-27(23(19)29)11-14-6-4-5-7-16(14)24)32-20(13)21(28)26-17-9-8-15(30-2)10-18(17)31-3/h4-10,12H,11H2,1-3H3,(H,26,28). The third-order valence-corrected chi connectivity index (χ3v) is 6.65. The van der Waals surface area contributed by atoms with Crippen LogP contribution in [0.1, 0.15) is 20.8 Å². The molecule has 32 heavy (non-hydrogen) atoms. The maximum atomic E-state index is 13.2. The molecule has 0 aliphatic heterocycles. The van der Waals surface area contributed by atoms with Crippen molar-refractivity contribution >= 4 is 44.7 Å². The molecular weight excluding hydrogens is 450 g/mol. The molecule has 7 nitrogen and oxygen atoms in total. The first-order valence-electron chi connectivity index (χ1n) is 9.68. The lowest BCUT2D eigenvalue weighted by molar-refractivity contribution is 0.102. The maximum Gasteiger partial charge on any atom is 0.266 e. The van der Waals surface area contributed by atoms with Gasteiger partial charge in [-0.2, -0.15) is 0 Å². The molecular formula is C23H20ClN3O4S. The van der Waals surface area contributed by atoms with Gasteiger partial charge in [0.2, 0.25) is 0 Å². The normalized spacial score (nSPS) is 10.9. The van der Waals surface area contributed by atoms with Gasteiger partial charge in [0.1, 0.15) is 16.3 Å². The zero-order valence-electron chi connectivity index (χ0n) is 17.6. The quantitative estimate of drug-likeness (QED) is 0.441. The first kappa shape index (κ1) is 21.9. The highest BCUT2D eigenvalue weighted by atomic mass is 35.5. The molecule has 0 spiro atoms. The SMILES string of the molecule is COc1ccc(NC(=O)c2sc3ncn(Cc4ccccc4Cl)c(=O)c3c2C)c(OC)c1. The van der Waals surface area contributed by atoms with Gasteiger partial charge in [-0.1, -0.05) is 29.8 Å². The van der Waals surface area contributed by atoms with Gasteiger partial charge in [-0.25, -0.2) is 4.98 Å². The van der Waals surface area contributed by atoms with Crippen LogP contribution in [0.15, 0.2) is 53.6 Å². The maximum absolute atomic E-state index is 13.2. The molecule has 0 atom stereocenters. The lowest BCUT2D eigenvalue weighted by atomic mass is 10.2. The van der Waals surface area contributed by atoms with Crippen LogP contribution in [0.2, 0.25) is 5.02 Å². The van der Waals surface area contributed by atoms with Crippen LogP contribution >= 0.6 is 22.9 Å². The highest BCUT2D eigenvalue weighted by Gasteiger charge is 2.21. The first-order chi connectivity index (χ1) is 15.4. The van der Waals surface area contributed by atoms with Crippen molar-refractivity contribution in [2.75, 3.05) is 19.5 Å². The van der Waals surface area contributed by atoms with Crippen molar-refractivity contribution < 1.29 is 14.3 Å². The van der Waals surface area contributed by atoms with Gasteiger partial charge in [0.25, 0.3) is 11.5 Å². The number of nitrogens with one attached hydrogen (secondary N) is 1. The van der Waals surface area contributed by atoms with Gasteiger partial charge >= 0.3 is 0 Å². The number of carbonyl (C=O) groups is 1. The van der Waals surface area contributed by atoms with Crippen LogP contribution in [0.4, 0.5) is 5.69 Å². The topological polar surface area (TPSA) is 82.5 Å². The van der Waals surface area contributed by atoms with Crippen LogP contribution in [-0.4, -0.2) is 29.7 Å². The monoisotopic (exact) mass is 469 g/mol. The van der Waals surface area contributed by atoms with Crippen LogP contribution in [0.3, 0.4) is 0 Å². The summed E-state index contributed by atoms with van der Waals surface area (Å²) in [6.45, 7) is 2.04.